The third kappa shape index (κ3) is 2.84. The van der Waals surface area contributed by atoms with Crippen molar-refractivity contribution in [2.75, 3.05) is 31.1 Å². The number of rotatable bonds is 4. The second-order valence-corrected chi connectivity index (χ2v) is 7.02. The standard InChI is InChI=1S/C17H24N6O/c1-11(18)8-15(24)22-4-6-23(7-5-22)16-13(12-2-3-12)9-19-17-14(16)10-20-21-17/h9-12H,2-8,18H2,1H3,(H,19,20,21). The monoisotopic (exact) mass is 328 g/mol. The summed E-state index contributed by atoms with van der Waals surface area (Å²) in [5, 5.41) is 8.22. The van der Waals surface area contributed by atoms with Crippen molar-refractivity contribution in [3.05, 3.63) is 18.0 Å². The topological polar surface area (TPSA) is 91.1 Å². The molecule has 1 amide bonds. The van der Waals surface area contributed by atoms with Crippen LogP contribution in [0.5, 0.6) is 0 Å². The lowest BCUT2D eigenvalue weighted by Crippen LogP contribution is -2.49. The van der Waals surface area contributed by atoms with Gasteiger partial charge >= 0.3 is 0 Å². The Kier molecular flexibility index (Phi) is 3.88. The largest absolute Gasteiger partial charge is 0.367 e. The number of anilines is 1. The van der Waals surface area contributed by atoms with Gasteiger partial charge in [-0.05, 0) is 31.2 Å². The maximum absolute atomic E-state index is 12.2. The summed E-state index contributed by atoms with van der Waals surface area (Å²) in [5.74, 6) is 0.791. The highest BCUT2D eigenvalue weighted by molar-refractivity contribution is 5.91. The number of pyridine rings is 1. The minimum Gasteiger partial charge on any atom is -0.367 e. The van der Waals surface area contributed by atoms with Gasteiger partial charge in [0.2, 0.25) is 5.91 Å². The zero-order valence-electron chi connectivity index (χ0n) is 14.0. The molecule has 0 radical (unpaired) electrons. The van der Waals surface area contributed by atoms with Crippen LogP contribution in [0.1, 0.15) is 37.7 Å². The van der Waals surface area contributed by atoms with Crippen LogP contribution in [0.4, 0.5) is 5.69 Å². The molecule has 7 nitrogen and oxygen atoms in total. The van der Waals surface area contributed by atoms with E-state index in [0.717, 1.165) is 37.2 Å². The first-order valence-electron chi connectivity index (χ1n) is 8.73. The van der Waals surface area contributed by atoms with Crippen molar-refractivity contribution in [1.82, 2.24) is 20.1 Å². The molecule has 2 fully saturated rings. The highest BCUT2D eigenvalue weighted by Crippen LogP contribution is 2.46. The van der Waals surface area contributed by atoms with E-state index in [1.807, 2.05) is 24.2 Å². The fourth-order valence-electron chi connectivity index (χ4n) is 3.53. The number of nitrogens with zero attached hydrogens (tertiary/aromatic N) is 4. The number of aromatic amines is 1. The van der Waals surface area contributed by atoms with Crippen molar-refractivity contribution in [1.29, 1.82) is 0 Å². The SMILES string of the molecule is CC(N)CC(=O)N1CCN(c2c(C3CC3)cnc3[nH]ncc23)CC1. The number of fused-ring (bicyclic) bond motifs is 1. The van der Waals surface area contributed by atoms with Gasteiger partial charge in [0.25, 0.3) is 0 Å². The van der Waals surface area contributed by atoms with Crippen molar-refractivity contribution >= 4 is 22.6 Å². The van der Waals surface area contributed by atoms with Crippen molar-refractivity contribution in [3.63, 3.8) is 0 Å². The number of piperazine rings is 1. The molecule has 4 rings (SSSR count). The highest BCUT2D eigenvalue weighted by atomic mass is 16.2. The van der Waals surface area contributed by atoms with Crippen LogP contribution in [0.15, 0.2) is 12.4 Å². The van der Waals surface area contributed by atoms with E-state index in [-0.39, 0.29) is 11.9 Å². The summed E-state index contributed by atoms with van der Waals surface area (Å²) in [6, 6.07) is -0.0808. The van der Waals surface area contributed by atoms with Gasteiger partial charge in [0.1, 0.15) is 0 Å². The fraction of sp³-hybridized carbons (Fsp3) is 0.588. The van der Waals surface area contributed by atoms with Crippen LogP contribution >= 0.6 is 0 Å². The molecule has 3 N–H and O–H groups in total. The van der Waals surface area contributed by atoms with E-state index >= 15 is 0 Å². The lowest BCUT2D eigenvalue weighted by Gasteiger charge is -2.37. The van der Waals surface area contributed by atoms with E-state index in [4.69, 9.17) is 5.73 Å². The molecule has 1 unspecified atom stereocenters. The van der Waals surface area contributed by atoms with E-state index in [9.17, 15) is 4.79 Å². The Morgan fingerprint density at radius 1 is 1.33 bits per heavy atom. The molecule has 0 aromatic carbocycles. The maximum Gasteiger partial charge on any atom is 0.224 e. The number of hydrogen-bond donors (Lipinski definition) is 2. The summed E-state index contributed by atoms with van der Waals surface area (Å²) in [6.07, 6.45) is 6.78. The molecule has 24 heavy (non-hydrogen) atoms. The Morgan fingerprint density at radius 3 is 2.75 bits per heavy atom. The number of carbonyl (C=O) groups is 1. The number of carbonyl (C=O) groups excluding carboxylic acids is 1. The molecule has 2 aliphatic rings. The summed E-state index contributed by atoms with van der Waals surface area (Å²) in [6.45, 7) is 5.06. The van der Waals surface area contributed by atoms with E-state index in [2.05, 4.69) is 20.1 Å². The highest BCUT2D eigenvalue weighted by Gasteiger charge is 2.31. The van der Waals surface area contributed by atoms with E-state index in [0.29, 0.717) is 12.3 Å². The average Bonchev–Trinajstić information content (AvgIpc) is 3.30. The minimum absolute atomic E-state index is 0.0808. The lowest BCUT2D eigenvalue weighted by atomic mass is 10.1. The van der Waals surface area contributed by atoms with Gasteiger partial charge < -0.3 is 15.5 Å². The molecule has 1 aliphatic heterocycles. The molecule has 128 valence electrons. The first-order valence-corrected chi connectivity index (χ1v) is 8.73. The first kappa shape index (κ1) is 15.4. The normalized spacial score (nSPS) is 19.8. The number of nitrogens with one attached hydrogen (secondary N) is 1. The fourth-order valence-corrected chi connectivity index (χ4v) is 3.53. The summed E-state index contributed by atoms with van der Waals surface area (Å²) in [7, 11) is 0. The predicted molar refractivity (Wildman–Crippen MR) is 92.9 cm³/mol. The van der Waals surface area contributed by atoms with Crippen molar-refractivity contribution in [2.24, 2.45) is 5.73 Å². The van der Waals surface area contributed by atoms with Gasteiger partial charge in [-0.15, -0.1) is 0 Å². The Balaban J connectivity index is 1.55. The number of nitrogens with two attached hydrogens (primary N) is 1. The first-order chi connectivity index (χ1) is 11.6. The third-order valence-electron chi connectivity index (χ3n) is 4.94. The van der Waals surface area contributed by atoms with Crippen LogP contribution in [-0.2, 0) is 4.79 Å². The van der Waals surface area contributed by atoms with Gasteiger partial charge in [0.15, 0.2) is 5.65 Å². The molecular formula is C17H24N6O. The van der Waals surface area contributed by atoms with Crippen LogP contribution in [0.25, 0.3) is 11.0 Å². The second-order valence-electron chi connectivity index (χ2n) is 7.02. The molecule has 3 heterocycles. The van der Waals surface area contributed by atoms with Gasteiger partial charge in [-0.1, -0.05) is 0 Å². The van der Waals surface area contributed by atoms with Crippen LogP contribution < -0.4 is 10.6 Å². The Hall–Kier alpha value is -2.15. The predicted octanol–water partition coefficient (Wildman–Crippen LogP) is 1.22. The van der Waals surface area contributed by atoms with E-state index in [1.54, 1.807) is 0 Å². The summed E-state index contributed by atoms with van der Waals surface area (Å²) in [4.78, 5) is 21.0. The third-order valence-corrected chi connectivity index (χ3v) is 4.94. The number of H-pyrrole nitrogens is 1. The molecule has 0 spiro atoms. The minimum atomic E-state index is -0.0808. The summed E-state index contributed by atoms with van der Waals surface area (Å²) in [5.41, 5.74) is 9.18. The second kappa shape index (κ2) is 6.05. The van der Waals surface area contributed by atoms with Gasteiger partial charge in [-0.25, -0.2) is 4.98 Å². The number of aromatic nitrogens is 3. The summed E-state index contributed by atoms with van der Waals surface area (Å²) < 4.78 is 0. The van der Waals surface area contributed by atoms with Gasteiger partial charge in [0.05, 0.1) is 17.3 Å². The molecular weight excluding hydrogens is 304 g/mol. The maximum atomic E-state index is 12.2. The number of amides is 1. The van der Waals surface area contributed by atoms with Crippen LogP contribution in [0.2, 0.25) is 0 Å². The van der Waals surface area contributed by atoms with Crippen LogP contribution in [-0.4, -0.2) is 58.2 Å². The lowest BCUT2D eigenvalue weighted by molar-refractivity contribution is -0.131. The van der Waals surface area contributed by atoms with Crippen molar-refractivity contribution < 1.29 is 4.79 Å². The molecule has 1 saturated heterocycles. The van der Waals surface area contributed by atoms with Gasteiger partial charge in [0, 0.05) is 44.8 Å². The van der Waals surface area contributed by atoms with E-state index < -0.39 is 0 Å². The van der Waals surface area contributed by atoms with E-state index in [1.165, 1.54) is 24.1 Å². The molecule has 1 saturated carbocycles. The zero-order valence-corrected chi connectivity index (χ0v) is 14.0. The Bertz CT molecular complexity index is 743. The van der Waals surface area contributed by atoms with Gasteiger partial charge in [-0.3, -0.25) is 9.89 Å². The number of hydrogen-bond acceptors (Lipinski definition) is 5. The molecule has 2 aromatic heterocycles. The summed E-state index contributed by atoms with van der Waals surface area (Å²) >= 11 is 0. The molecule has 1 aliphatic carbocycles. The van der Waals surface area contributed by atoms with Crippen LogP contribution in [0, 0.1) is 0 Å². The van der Waals surface area contributed by atoms with Crippen molar-refractivity contribution in [2.45, 2.75) is 38.1 Å². The van der Waals surface area contributed by atoms with Gasteiger partial charge in [-0.2, -0.15) is 5.10 Å². The molecule has 1 atom stereocenters. The Labute approximate surface area is 141 Å². The molecule has 0 bridgehead atoms. The Morgan fingerprint density at radius 2 is 2.08 bits per heavy atom. The zero-order chi connectivity index (χ0) is 16.7. The quantitative estimate of drug-likeness (QED) is 0.880. The molecule has 7 heteroatoms. The smallest absolute Gasteiger partial charge is 0.224 e. The van der Waals surface area contributed by atoms with Crippen molar-refractivity contribution in [3.8, 4) is 0 Å². The van der Waals surface area contributed by atoms with Crippen LogP contribution in [0.3, 0.4) is 0 Å². The molecule has 2 aromatic rings. The average molecular weight is 328 g/mol.